The summed E-state index contributed by atoms with van der Waals surface area (Å²) in [5.74, 6) is 0.331. The number of amides is 2. The van der Waals surface area contributed by atoms with E-state index in [4.69, 9.17) is 27.9 Å². The molecule has 1 fully saturated rings. The molecule has 3 aromatic carbocycles. The molecule has 1 N–H and O–H groups in total. The Balaban J connectivity index is 1.31. The van der Waals surface area contributed by atoms with Gasteiger partial charge in [0.25, 0.3) is 11.8 Å². The van der Waals surface area contributed by atoms with Gasteiger partial charge in [-0.1, -0.05) is 41.4 Å². The summed E-state index contributed by atoms with van der Waals surface area (Å²) in [6.07, 6.45) is 0. The third-order valence-corrected chi connectivity index (χ3v) is 6.25. The number of benzene rings is 3. The summed E-state index contributed by atoms with van der Waals surface area (Å²) < 4.78 is 5.47. The summed E-state index contributed by atoms with van der Waals surface area (Å²) >= 11 is 12.4. The second-order valence-electron chi connectivity index (χ2n) is 8.05. The average Bonchev–Trinajstić information content (AvgIpc) is 2.84. The topological polar surface area (TPSA) is 61.9 Å². The largest absolute Gasteiger partial charge is 0.484 e. The molecule has 34 heavy (non-hydrogen) atoms. The Bertz CT molecular complexity index is 1180. The van der Waals surface area contributed by atoms with Crippen molar-refractivity contribution in [2.75, 3.05) is 43.0 Å². The molecule has 0 atom stereocenters. The van der Waals surface area contributed by atoms with Gasteiger partial charge >= 0.3 is 0 Å². The van der Waals surface area contributed by atoms with E-state index in [-0.39, 0.29) is 18.4 Å². The zero-order chi connectivity index (χ0) is 24.1. The van der Waals surface area contributed by atoms with Crippen molar-refractivity contribution in [1.82, 2.24) is 4.90 Å². The zero-order valence-electron chi connectivity index (χ0n) is 18.8. The van der Waals surface area contributed by atoms with Crippen LogP contribution in [-0.2, 0) is 4.79 Å². The fraction of sp³-hybridized carbons (Fsp3) is 0.231. The molecule has 0 bridgehead atoms. The molecule has 1 aliphatic rings. The van der Waals surface area contributed by atoms with Crippen LogP contribution in [0.5, 0.6) is 5.75 Å². The van der Waals surface area contributed by atoms with Crippen LogP contribution in [0.25, 0.3) is 0 Å². The van der Waals surface area contributed by atoms with Crippen molar-refractivity contribution in [3.8, 4) is 5.75 Å². The quantitative estimate of drug-likeness (QED) is 0.503. The van der Waals surface area contributed by atoms with Gasteiger partial charge in [0.15, 0.2) is 6.61 Å². The Morgan fingerprint density at radius 2 is 1.65 bits per heavy atom. The zero-order valence-corrected chi connectivity index (χ0v) is 20.3. The van der Waals surface area contributed by atoms with E-state index in [0.717, 1.165) is 16.8 Å². The van der Waals surface area contributed by atoms with E-state index in [1.165, 1.54) is 0 Å². The number of carbonyl (C=O) groups is 2. The van der Waals surface area contributed by atoms with Crippen molar-refractivity contribution >= 4 is 46.4 Å². The lowest BCUT2D eigenvalue weighted by Gasteiger charge is -2.36. The van der Waals surface area contributed by atoms with Crippen molar-refractivity contribution in [3.63, 3.8) is 0 Å². The maximum atomic E-state index is 12.9. The van der Waals surface area contributed by atoms with E-state index in [9.17, 15) is 9.59 Å². The Morgan fingerprint density at radius 1 is 0.941 bits per heavy atom. The maximum absolute atomic E-state index is 12.9. The molecule has 1 heterocycles. The number of aryl methyl sites for hydroxylation is 1. The van der Waals surface area contributed by atoms with E-state index < -0.39 is 0 Å². The number of halogens is 2. The molecular weight excluding hydrogens is 473 g/mol. The number of hydrogen-bond acceptors (Lipinski definition) is 4. The van der Waals surface area contributed by atoms with E-state index >= 15 is 0 Å². The summed E-state index contributed by atoms with van der Waals surface area (Å²) in [5.41, 5.74) is 3.19. The lowest BCUT2D eigenvalue weighted by atomic mass is 10.1. The number of nitrogens with zero attached hydrogens (tertiary/aromatic N) is 2. The molecule has 4 rings (SSSR count). The van der Waals surface area contributed by atoms with E-state index in [0.29, 0.717) is 47.7 Å². The van der Waals surface area contributed by atoms with Gasteiger partial charge in [-0.2, -0.15) is 0 Å². The van der Waals surface area contributed by atoms with Crippen molar-refractivity contribution in [1.29, 1.82) is 0 Å². The first-order chi connectivity index (χ1) is 16.4. The van der Waals surface area contributed by atoms with Gasteiger partial charge in [-0.05, 0) is 61.0 Å². The van der Waals surface area contributed by atoms with Gasteiger partial charge < -0.3 is 19.9 Å². The number of nitrogens with one attached hydrogen (secondary N) is 1. The molecule has 0 saturated carbocycles. The van der Waals surface area contributed by atoms with Crippen LogP contribution in [0, 0.1) is 6.92 Å². The van der Waals surface area contributed by atoms with Crippen molar-refractivity contribution in [2.24, 2.45) is 0 Å². The molecule has 176 valence electrons. The molecule has 0 spiro atoms. The summed E-state index contributed by atoms with van der Waals surface area (Å²) in [5, 5.41) is 3.93. The first-order valence-corrected chi connectivity index (χ1v) is 11.7. The number of rotatable bonds is 6. The van der Waals surface area contributed by atoms with Crippen LogP contribution < -0.4 is 15.0 Å². The average molecular weight is 498 g/mol. The molecule has 0 aromatic heterocycles. The molecule has 1 aliphatic heterocycles. The van der Waals surface area contributed by atoms with Crippen LogP contribution >= 0.6 is 23.2 Å². The standard InChI is InChI=1S/C26H25Cl2N3O3/c1-18-4-2-3-5-22(18)26(33)31-14-12-30(13-15-31)24-11-8-20(16-23(24)28)29-25(32)17-34-21-9-6-19(27)7-10-21/h2-11,16H,12-15,17H2,1H3,(H,29,32). The van der Waals surface area contributed by atoms with Crippen LogP contribution in [-0.4, -0.2) is 49.5 Å². The molecule has 0 unspecified atom stereocenters. The number of ether oxygens (including phenoxy) is 1. The van der Waals surface area contributed by atoms with Crippen molar-refractivity contribution in [2.45, 2.75) is 6.92 Å². The molecule has 2 amide bonds. The molecule has 6 nitrogen and oxygen atoms in total. The molecule has 1 saturated heterocycles. The predicted molar refractivity (Wildman–Crippen MR) is 136 cm³/mol. The molecule has 0 aliphatic carbocycles. The lowest BCUT2D eigenvalue weighted by molar-refractivity contribution is -0.118. The first-order valence-electron chi connectivity index (χ1n) is 11.0. The van der Waals surface area contributed by atoms with Gasteiger partial charge in [0.1, 0.15) is 5.75 Å². The minimum absolute atomic E-state index is 0.0581. The fourth-order valence-electron chi connectivity index (χ4n) is 3.85. The van der Waals surface area contributed by atoms with Gasteiger partial charge in [0.2, 0.25) is 0 Å². The van der Waals surface area contributed by atoms with Crippen molar-refractivity contribution < 1.29 is 14.3 Å². The van der Waals surface area contributed by atoms with Gasteiger partial charge in [0, 0.05) is 42.5 Å². The third kappa shape index (κ3) is 5.82. The second-order valence-corrected chi connectivity index (χ2v) is 8.89. The Morgan fingerprint density at radius 3 is 2.32 bits per heavy atom. The van der Waals surface area contributed by atoms with Crippen LogP contribution in [0.2, 0.25) is 10.0 Å². The Labute approximate surface area is 209 Å². The van der Waals surface area contributed by atoms with E-state index in [1.54, 1.807) is 30.3 Å². The van der Waals surface area contributed by atoms with E-state index in [1.807, 2.05) is 48.2 Å². The summed E-state index contributed by atoms with van der Waals surface area (Å²) in [6, 6.07) is 19.9. The number of carbonyl (C=O) groups excluding carboxylic acids is 2. The highest BCUT2D eigenvalue weighted by molar-refractivity contribution is 6.33. The Hall–Kier alpha value is -3.22. The molecule has 8 heteroatoms. The monoisotopic (exact) mass is 497 g/mol. The minimum atomic E-state index is -0.290. The predicted octanol–water partition coefficient (Wildman–Crippen LogP) is 5.28. The summed E-state index contributed by atoms with van der Waals surface area (Å²) in [6.45, 7) is 4.41. The van der Waals surface area contributed by atoms with Gasteiger partial charge in [-0.15, -0.1) is 0 Å². The first kappa shape index (κ1) is 23.9. The van der Waals surface area contributed by atoms with Gasteiger partial charge in [-0.25, -0.2) is 0 Å². The highest BCUT2D eigenvalue weighted by Crippen LogP contribution is 2.30. The van der Waals surface area contributed by atoms with Gasteiger partial charge in [0.05, 0.1) is 10.7 Å². The van der Waals surface area contributed by atoms with Crippen LogP contribution in [0.4, 0.5) is 11.4 Å². The second kappa shape index (κ2) is 10.8. The highest BCUT2D eigenvalue weighted by Gasteiger charge is 2.24. The SMILES string of the molecule is Cc1ccccc1C(=O)N1CCN(c2ccc(NC(=O)COc3ccc(Cl)cc3)cc2Cl)CC1. The normalized spacial score (nSPS) is 13.5. The van der Waals surface area contributed by atoms with E-state index in [2.05, 4.69) is 10.2 Å². The third-order valence-electron chi connectivity index (χ3n) is 5.70. The summed E-state index contributed by atoms with van der Waals surface area (Å²) in [4.78, 5) is 29.1. The number of hydrogen-bond donors (Lipinski definition) is 1. The van der Waals surface area contributed by atoms with Gasteiger partial charge in [-0.3, -0.25) is 9.59 Å². The van der Waals surface area contributed by atoms with Crippen LogP contribution in [0.15, 0.2) is 66.7 Å². The lowest BCUT2D eigenvalue weighted by Crippen LogP contribution is -2.49. The number of anilines is 2. The minimum Gasteiger partial charge on any atom is -0.484 e. The fourth-order valence-corrected chi connectivity index (χ4v) is 4.28. The smallest absolute Gasteiger partial charge is 0.262 e. The molecular formula is C26H25Cl2N3O3. The molecule has 3 aromatic rings. The van der Waals surface area contributed by atoms with Crippen molar-refractivity contribution in [3.05, 3.63) is 87.9 Å². The number of piperazine rings is 1. The van der Waals surface area contributed by atoms with Crippen LogP contribution in [0.1, 0.15) is 15.9 Å². The Kier molecular flexibility index (Phi) is 7.60. The van der Waals surface area contributed by atoms with Crippen LogP contribution in [0.3, 0.4) is 0 Å². The highest BCUT2D eigenvalue weighted by atomic mass is 35.5. The summed E-state index contributed by atoms with van der Waals surface area (Å²) in [7, 11) is 0. The maximum Gasteiger partial charge on any atom is 0.262 e. The molecule has 0 radical (unpaired) electrons.